The Morgan fingerprint density at radius 3 is 2.69 bits per heavy atom. The second-order valence-electron chi connectivity index (χ2n) is 7.43. The number of amides is 2. The van der Waals surface area contributed by atoms with Crippen LogP contribution in [0, 0.1) is 6.92 Å². The van der Waals surface area contributed by atoms with E-state index in [1.54, 1.807) is 36.7 Å². The summed E-state index contributed by atoms with van der Waals surface area (Å²) in [6, 6.07) is 8.79. The maximum atomic E-state index is 13.8. The van der Waals surface area contributed by atoms with Crippen molar-refractivity contribution >= 4 is 33.3 Å². The van der Waals surface area contributed by atoms with E-state index in [1.165, 1.54) is 19.2 Å². The van der Waals surface area contributed by atoms with Crippen LogP contribution >= 0.6 is 15.9 Å². The lowest BCUT2D eigenvalue weighted by Gasteiger charge is -2.27. The fourth-order valence-corrected chi connectivity index (χ4v) is 4.28. The van der Waals surface area contributed by atoms with E-state index in [0.29, 0.717) is 21.5 Å². The number of carbonyl (C=O) groups is 1. The zero-order valence-electron chi connectivity index (χ0n) is 17.2. The molecule has 2 amide bonds. The predicted molar refractivity (Wildman–Crippen MR) is 120 cm³/mol. The van der Waals surface area contributed by atoms with Crippen LogP contribution in [0.25, 0.3) is 11.1 Å². The summed E-state index contributed by atoms with van der Waals surface area (Å²) in [6.07, 6.45) is -1.58. The maximum absolute atomic E-state index is 13.8. The summed E-state index contributed by atoms with van der Waals surface area (Å²) in [5, 5.41) is 2.64. The number of fused-ring (bicyclic) bond motifs is 1. The minimum atomic E-state index is -4.58. The monoisotopic (exact) mass is 505 g/mol. The Labute approximate surface area is 191 Å². The lowest BCUT2D eigenvalue weighted by molar-refractivity contribution is -0.145. The number of anilines is 2. The van der Waals surface area contributed by atoms with Gasteiger partial charge in [0, 0.05) is 40.2 Å². The molecule has 0 saturated carbocycles. The molecule has 166 valence electrons. The van der Waals surface area contributed by atoms with Crippen LogP contribution < -0.4 is 15.0 Å². The molecule has 1 aromatic heterocycles. The normalized spacial score (nSPS) is 15.4. The van der Waals surface area contributed by atoms with Gasteiger partial charge in [0.2, 0.25) is 0 Å². The van der Waals surface area contributed by atoms with Crippen LogP contribution in [0.15, 0.2) is 59.3 Å². The average Bonchev–Trinajstić information content (AvgIpc) is 3.16. The molecule has 3 aromatic rings. The molecule has 5 nitrogen and oxygen atoms in total. The third-order valence-electron chi connectivity index (χ3n) is 5.44. The predicted octanol–water partition coefficient (Wildman–Crippen LogP) is 6.35. The van der Waals surface area contributed by atoms with Crippen LogP contribution in [0.4, 0.5) is 29.3 Å². The number of aromatic nitrogens is 1. The van der Waals surface area contributed by atoms with Gasteiger partial charge < -0.3 is 10.1 Å². The molecule has 1 aliphatic rings. The van der Waals surface area contributed by atoms with Gasteiger partial charge in [-0.1, -0.05) is 22.0 Å². The highest BCUT2D eigenvalue weighted by molar-refractivity contribution is 9.10. The van der Waals surface area contributed by atoms with E-state index in [9.17, 15) is 18.0 Å². The zero-order chi connectivity index (χ0) is 23.0. The molecule has 9 heteroatoms. The van der Waals surface area contributed by atoms with Crippen molar-refractivity contribution in [2.24, 2.45) is 0 Å². The molecular weight excluding hydrogens is 487 g/mol. The highest BCUT2D eigenvalue weighted by atomic mass is 79.9. The van der Waals surface area contributed by atoms with Gasteiger partial charge in [0.05, 0.1) is 7.11 Å². The number of nitrogens with zero attached hydrogens (tertiary/aromatic N) is 2. The number of benzene rings is 2. The SMILES string of the molecule is COc1ccc2c(c1)C[C@@H](C(F)(F)F)N2C(=O)Nc1cc(Br)c(C)c(-c2cccnc2)c1. The molecule has 0 unspecified atom stereocenters. The second kappa shape index (κ2) is 8.46. The van der Waals surface area contributed by atoms with Gasteiger partial charge in [0.25, 0.3) is 0 Å². The lowest BCUT2D eigenvalue weighted by atomic mass is 10.0. The molecule has 0 spiro atoms. The number of hydrogen-bond donors (Lipinski definition) is 1. The minimum Gasteiger partial charge on any atom is -0.497 e. The van der Waals surface area contributed by atoms with E-state index >= 15 is 0 Å². The van der Waals surface area contributed by atoms with Crippen LogP contribution in [0.3, 0.4) is 0 Å². The van der Waals surface area contributed by atoms with E-state index in [0.717, 1.165) is 21.6 Å². The largest absolute Gasteiger partial charge is 0.497 e. The van der Waals surface area contributed by atoms with Crippen LogP contribution in [0.2, 0.25) is 0 Å². The Bertz CT molecular complexity index is 1170. The third kappa shape index (κ3) is 4.17. The number of alkyl halides is 3. The number of carbonyl (C=O) groups excluding carboxylic acids is 1. The molecule has 1 aliphatic heterocycles. The quantitative estimate of drug-likeness (QED) is 0.450. The number of methoxy groups -OCH3 is 1. The van der Waals surface area contributed by atoms with Crippen molar-refractivity contribution < 1.29 is 22.7 Å². The fourth-order valence-electron chi connectivity index (χ4n) is 3.82. The molecule has 1 atom stereocenters. The van der Waals surface area contributed by atoms with Crippen molar-refractivity contribution in [3.63, 3.8) is 0 Å². The van der Waals surface area contributed by atoms with Gasteiger partial charge in [0.15, 0.2) is 0 Å². The van der Waals surface area contributed by atoms with E-state index in [-0.39, 0.29) is 12.1 Å². The van der Waals surface area contributed by atoms with Crippen molar-refractivity contribution in [1.29, 1.82) is 0 Å². The van der Waals surface area contributed by atoms with Crippen molar-refractivity contribution in [3.8, 4) is 16.9 Å². The third-order valence-corrected chi connectivity index (χ3v) is 6.26. The van der Waals surface area contributed by atoms with Gasteiger partial charge in [0.1, 0.15) is 11.8 Å². The summed E-state index contributed by atoms with van der Waals surface area (Å²) in [6.45, 7) is 1.90. The highest BCUT2D eigenvalue weighted by Crippen LogP contribution is 2.41. The summed E-state index contributed by atoms with van der Waals surface area (Å²) < 4.78 is 47.2. The fraction of sp³-hybridized carbons (Fsp3) is 0.217. The molecular formula is C23H19BrF3N3O2. The van der Waals surface area contributed by atoms with Gasteiger partial charge in [-0.25, -0.2) is 4.79 Å². The molecule has 2 aromatic carbocycles. The van der Waals surface area contributed by atoms with Crippen LogP contribution in [-0.2, 0) is 6.42 Å². The molecule has 0 bridgehead atoms. The summed E-state index contributed by atoms with van der Waals surface area (Å²) in [7, 11) is 1.44. The number of urea groups is 1. The molecule has 1 N–H and O–H groups in total. The van der Waals surface area contributed by atoms with Gasteiger partial charge in [-0.15, -0.1) is 0 Å². The summed E-state index contributed by atoms with van der Waals surface area (Å²) in [5.74, 6) is 0.440. The first-order valence-corrected chi connectivity index (χ1v) is 10.5. The number of halogens is 4. The van der Waals surface area contributed by atoms with E-state index in [1.807, 2.05) is 13.0 Å². The second-order valence-corrected chi connectivity index (χ2v) is 8.28. The maximum Gasteiger partial charge on any atom is 0.409 e. The Morgan fingerprint density at radius 1 is 1.25 bits per heavy atom. The number of nitrogens with one attached hydrogen (secondary N) is 1. The van der Waals surface area contributed by atoms with E-state index in [2.05, 4.69) is 26.2 Å². The molecule has 32 heavy (non-hydrogen) atoms. The molecule has 4 rings (SSSR count). The summed E-state index contributed by atoms with van der Waals surface area (Å²) in [5.41, 5.74) is 3.54. The average molecular weight is 506 g/mol. The first-order chi connectivity index (χ1) is 15.2. The van der Waals surface area contributed by atoms with Gasteiger partial charge >= 0.3 is 12.2 Å². The lowest BCUT2D eigenvalue weighted by Crippen LogP contribution is -2.48. The van der Waals surface area contributed by atoms with Gasteiger partial charge in [-0.3, -0.25) is 9.88 Å². The Morgan fingerprint density at radius 2 is 2.03 bits per heavy atom. The van der Waals surface area contributed by atoms with Crippen molar-refractivity contribution in [3.05, 3.63) is 70.5 Å². The number of rotatable bonds is 3. The Hall–Kier alpha value is -3.07. The highest BCUT2D eigenvalue weighted by Gasteiger charge is 2.50. The van der Waals surface area contributed by atoms with E-state index in [4.69, 9.17) is 4.74 Å². The van der Waals surface area contributed by atoms with Crippen molar-refractivity contribution in [1.82, 2.24) is 4.98 Å². The van der Waals surface area contributed by atoms with Crippen LogP contribution in [0.5, 0.6) is 5.75 Å². The van der Waals surface area contributed by atoms with E-state index < -0.39 is 18.2 Å². The summed E-state index contributed by atoms with van der Waals surface area (Å²) in [4.78, 5) is 18.0. The molecule has 0 fully saturated rings. The Balaban J connectivity index is 1.69. The number of pyridine rings is 1. The number of hydrogen-bond acceptors (Lipinski definition) is 3. The molecule has 2 heterocycles. The van der Waals surface area contributed by atoms with Crippen molar-refractivity contribution in [2.45, 2.75) is 25.6 Å². The van der Waals surface area contributed by atoms with Gasteiger partial charge in [-0.2, -0.15) is 13.2 Å². The standard InChI is InChI=1S/C23H19BrF3N3O2/c1-13-18(14-4-3-7-28-12-14)10-16(11-19(13)24)29-22(31)30-20-6-5-17(32-2)8-15(20)9-21(30)23(25,26)27/h3-8,10-12,21H,9H2,1-2H3,(H,29,31)/t21-/m0/s1. The Kier molecular flexibility index (Phi) is 5.85. The van der Waals surface area contributed by atoms with Crippen LogP contribution in [-0.4, -0.2) is 30.3 Å². The first kappa shape index (κ1) is 22.1. The molecule has 0 aliphatic carbocycles. The minimum absolute atomic E-state index is 0.212. The first-order valence-electron chi connectivity index (χ1n) is 9.73. The van der Waals surface area contributed by atoms with Crippen molar-refractivity contribution in [2.75, 3.05) is 17.3 Å². The smallest absolute Gasteiger partial charge is 0.409 e. The van der Waals surface area contributed by atoms with Crippen LogP contribution in [0.1, 0.15) is 11.1 Å². The summed E-state index contributed by atoms with van der Waals surface area (Å²) >= 11 is 3.47. The van der Waals surface area contributed by atoms with Gasteiger partial charge in [-0.05, 0) is 60.0 Å². The zero-order valence-corrected chi connectivity index (χ0v) is 18.8. The molecule has 0 radical (unpaired) electrons. The topological polar surface area (TPSA) is 54.5 Å². The molecule has 0 saturated heterocycles. The number of ether oxygens (including phenoxy) is 1.